The van der Waals surface area contributed by atoms with E-state index in [-0.39, 0.29) is 12.0 Å². The maximum absolute atomic E-state index is 12.8. The third kappa shape index (κ3) is 4.01. The summed E-state index contributed by atoms with van der Waals surface area (Å²) in [6.07, 6.45) is 10.0. The van der Waals surface area contributed by atoms with Crippen LogP contribution in [-0.2, 0) is 22.2 Å². The van der Waals surface area contributed by atoms with Gasteiger partial charge in [0.05, 0.1) is 23.6 Å². The second-order valence-corrected chi connectivity index (χ2v) is 9.44. The highest BCUT2D eigenvalue weighted by Gasteiger charge is 2.52. The molecule has 1 aliphatic rings. The van der Waals surface area contributed by atoms with E-state index < -0.39 is 22.9 Å². The Kier molecular flexibility index (Phi) is 6.35. The molecule has 182 valence electrons. The maximum atomic E-state index is 12.8. The van der Waals surface area contributed by atoms with Crippen molar-refractivity contribution in [2.75, 3.05) is 0 Å². The Balaban J connectivity index is 2.11. The van der Waals surface area contributed by atoms with Gasteiger partial charge in [-0.2, -0.15) is 0 Å². The standard InChI is InChI=1S/C28H24ClN3O4/c1-4-17-6-5-7-18(12-17)21-13-23(27(2,26(35)36)14-22(21)25(33)34)28(30,24-15-31-16-32(24)3)19-8-10-20(29)11-9-19/h1,5-13,15-16H,14,30H2,2-3H3,(H,33,34)(H,35,36). The number of aliphatic carboxylic acids is 2. The van der Waals surface area contributed by atoms with Crippen LogP contribution in [0.5, 0.6) is 0 Å². The van der Waals surface area contributed by atoms with Crippen molar-refractivity contribution in [3.63, 3.8) is 0 Å². The van der Waals surface area contributed by atoms with Crippen LogP contribution in [0.1, 0.15) is 35.7 Å². The molecule has 2 aromatic carbocycles. The summed E-state index contributed by atoms with van der Waals surface area (Å²) in [6.45, 7) is 1.49. The van der Waals surface area contributed by atoms with Crippen LogP contribution in [0.2, 0.25) is 5.02 Å². The summed E-state index contributed by atoms with van der Waals surface area (Å²) in [4.78, 5) is 29.4. The summed E-state index contributed by atoms with van der Waals surface area (Å²) >= 11 is 6.14. The molecule has 2 unspecified atom stereocenters. The quantitative estimate of drug-likeness (QED) is 0.435. The Morgan fingerprint density at radius 3 is 2.47 bits per heavy atom. The molecule has 1 heterocycles. The third-order valence-electron chi connectivity index (χ3n) is 6.75. The first-order chi connectivity index (χ1) is 17.0. The van der Waals surface area contributed by atoms with Crippen molar-refractivity contribution in [2.24, 2.45) is 18.2 Å². The fraction of sp³-hybridized carbons (Fsp3) is 0.179. The highest BCUT2D eigenvalue weighted by molar-refractivity contribution is 6.30. The summed E-state index contributed by atoms with van der Waals surface area (Å²) in [5.74, 6) is 0.140. The number of aromatic nitrogens is 2. The molecule has 0 saturated carbocycles. The first-order valence-electron chi connectivity index (χ1n) is 11.0. The summed E-state index contributed by atoms with van der Waals surface area (Å²) in [5, 5.41) is 21.0. The lowest BCUT2D eigenvalue weighted by Crippen LogP contribution is -2.50. The van der Waals surface area contributed by atoms with Crippen LogP contribution < -0.4 is 5.73 Å². The van der Waals surface area contributed by atoms with Crippen molar-refractivity contribution >= 4 is 29.1 Å². The zero-order valence-electron chi connectivity index (χ0n) is 19.7. The van der Waals surface area contributed by atoms with E-state index in [1.165, 1.54) is 6.92 Å². The van der Waals surface area contributed by atoms with Crippen molar-refractivity contribution < 1.29 is 19.8 Å². The molecule has 0 bridgehead atoms. The van der Waals surface area contributed by atoms with Gasteiger partial charge in [0.15, 0.2) is 0 Å². The average molecular weight is 502 g/mol. The van der Waals surface area contributed by atoms with Gasteiger partial charge in [-0.05, 0) is 59.9 Å². The van der Waals surface area contributed by atoms with E-state index in [0.29, 0.717) is 38.6 Å². The summed E-state index contributed by atoms with van der Waals surface area (Å²) in [7, 11) is 1.76. The number of aryl methyl sites for hydroxylation is 1. The molecule has 3 aromatic rings. The minimum Gasteiger partial charge on any atom is -0.481 e. The van der Waals surface area contributed by atoms with Crippen LogP contribution in [0.25, 0.3) is 5.57 Å². The largest absolute Gasteiger partial charge is 0.481 e. The van der Waals surface area contributed by atoms with Crippen LogP contribution >= 0.6 is 11.6 Å². The van der Waals surface area contributed by atoms with Gasteiger partial charge in [-0.15, -0.1) is 6.42 Å². The zero-order chi connectivity index (χ0) is 26.3. The van der Waals surface area contributed by atoms with Gasteiger partial charge in [-0.1, -0.05) is 47.9 Å². The van der Waals surface area contributed by atoms with Gasteiger partial charge in [0.25, 0.3) is 0 Å². The van der Waals surface area contributed by atoms with E-state index in [4.69, 9.17) is 23.8 Å². The number of carbonyl (C=O) groups is 2. The predicted octanol–water partition coefficient (Wildman–Crippen LogP) is 4.22. The molecule has 0 fully saturated rings. The lowest BCUT2D eigenvalue weighted by molar-refractivity contribution is -0.146. The number of hydrogen-bond acceptors (Lipinski definition) is 4. The number of nitrogens with zero attached hydrogens (tertiary/aromatic N) is 2. The van der Waals surface area contributed by atoms with Gasteiger partial charge in [-0.3, -0.25) is 4.79 Å². The summed E-state index contributed by atoms with van der Waals surface area (Å²) in [6, 6.07) is 13.7. The van der Waals surface area contributed by atoms with E-state index in [1.807, 2.05) is 0 Å². The molecule has 36 heavy (non-hydrogen) atoms. The number of benzene rings is 2. The molecule has 1 aromatic heterocycles. The zero-order valence-corrected chi connectivity index (χ0v) is 20.5. The molecule has 0 amide bonds. The Labute approximate surface area is 213 Å². The molecule has 0 saturated heterocycles. The minimum absolute atomic E-state index is 0.0405. The maximum Gasteiger partial charge on any atom is 0.332 e. The molecular formula is C28H24ClN3O4. The number of hydrogen-bond donors (Lipinski definition) is 3. The van der Waals surface area contributed by atoms with E-state index in [2.05, 4.69) is 10.9 Å². The van der Waals surface area contributed by atoms with E-state index in [9.17, 15) is 19.8 Å². The van der Waals surface area contributed by atoms with E-state index in [1.54, 1.807) is 78.7 Å². The number of rotatable bonds is 6. The van der Waals surface area contributed by atoms with E-state index in [0.717, 1.165) is 0 Å². The minimum atomic E-state index is -1.65. The first kappa shape index (κ1) is 25.0. The molecular weight excluding hydrogens is 478 g/mol. The highest BCUT2D eigenvalue weighted by Crippen LogP contribution is 2.51. The summed E-state index contributed by atoms with van der Waals surface area (Å²) < 4.78 is 1.72. The lowest BCUT2D eigenvalue weighted by atomic mass is 9.62. The van der Waals surface area contributed by atoms with E-state index >= 15 is 0 Å². The number of carboxylic acids is 2. The van der Waals surface area contributed by atoms with Crippen LogP contribution in [0, 0.1) is 17.8 Å². The molecule has 4 N–H and O–H groups in total. The second-order valence-electron chi connectivity index (χ2n) is 9.00. The van der Waals surface area contributed by atoms with Gasteiger partial charge in [0, 0.05) is 23.2 Å². The molecule has 1 aliphatic carbocycles. The van der Waals surface area contributed by atoms with Crippen molar-refractivity contribution in [3.8, 4) is 12.3 Å². The van der Waals surface area contributed by atoms with Gasteiger partial charge >= 0.3 is 11.9 Å². The molecule has 8 heteroatoms. The Morgan fingerprint density at radius 1 is 1.22 bits per heavy atom. The Morgan fingerprint density at radius 2 is 1.92 bits per heavy atom. The number of terminal acetylenes is 1. The number of carboxylic acid groups (broad SMARTS) is 2. The van der Waals surface area contributed by atoms with Crippen molar-refractivity contribution in [3.05, 3.63) is 106 Å². The van der Waals surface area contributed by atoms with Crippen molar-refractivity contribution in [1.29, 1.82) is 0 Å². The Hall–Kier alpha value is -4.12. The van der Waals surface area contributed by atoms with Gasteiger partial charge in [0.2, 0.25) is 0 Å². The topological polar surface area (TPSA) is 118 Å². The SMILES string of the molecule is C#Cc1cccc(C2=C(C(=O)O)CC(C)(C(=O)O)C(C(N)(c3ccc(Cl)cc3)c3cncn3C)=C2)c1. The number of imidazole rings is 1. The molecule has 0 spiro atoms. The average Bonchev–Trinajstić information content (AvgIpc) is 3.30. The fourth-order valence-corrected chi connectivity index (χ4v) is 4.92. The third-order valence-corrected chi connectivity index (χ3v) is 7.01. The normalized spacial score (nSPS) is 19.2. The van der Waals surface area contributed by atoms with Gasteiger partial charge in [0.1, 0.15) is 5.54 Å². The monoisotopic (exact) mass is 501 g/mol. The van der Waals surface area contributed by atoms with Crippen LogP contribution in [0.15, 0.2) is 78.3 Å². The predicted molar refractivity (Wildman–Crippen MR) is 137 cm³/mol. The molecule has 4 rings (SSSR count). The van der Waals surface area contributed by atoms with Crippen LogP contribution in [0.3, 0.4) is 0 Å². The molecule has 0 aliphatic heterocycles. The van der Waals surface area contributed by atoms with Gasteiger partial charge in [-0.25, -0.2) is 9.78 Å². The first-order valence-corrected chi connectivity index (χ1v) is 11.4. The smallest absolute Gasteiger partial charge is 0.332 e. The lowest BCUT2D eigenvalue weighted by Gasteiger charge is -2.43. The van der Waals surface area contributed by atoms with Crippen LogP contribution in [-0.4, -0.2) is 31.7 Å². The highest BCUT2D eigenvalue weighted by atomic mass is 35.5. The van der Waals surface area contributed by atoms with Crippen LogP contribution in [0.4, 0.5) is 0 Å². The molecule has 7 nitrogen and oxygen atoms in total. The second kappa shape index (κ2) is 9.15. The Bertz CT molecular complexity index is 1480. The molecule has 0 radical (unpaired) electrons. The van der Waals surface area contributed by atoms with Crippen molar-refractivity contribution in [1.82, 2.24) is 9.55 Å². The number of allylic oxidation sites excluding steroid dienone is 2. The fourth-order valence-electron chi connectivity index (χ4n) is 4.79. The number of halogens is 1. The van der Waals surface area contributed by atoms with Crippen molar-refractivity contribution in [2.45, 2.75) is 18.9 Å². The summed E-state index contributed by atoms with van der Waals surface area (Å²) in [5.41, 5.74) is 6.90. The van der Waals surface area contributed by atoms with Gasteiger partial charge < -0.3 is 20.5 Å². The number of nitrogens with two attached hydrogens (primary N) is 1. The molecule has 2 atom stereocenters.